The maximum Gasteiger partial charge on any atom is 0.408 e. The molecule has 0 fully saturated rings. The molecule has 1 aliphatic carbocycles. The van der Waals surface area contributed by atoms with Gasteiger partial charge in [0.2, 0.25) is 17.7 Å². The quantitative estimate of drug-likeness (QED) is 0.0441. The number of nitrogens with one attached hydrogen (secondary N) is 5. The van der Waals surface area contributed by atoms with E-state index in [0.717, 1.165) is 44.5 Å². The van der Waals surface area contributed by atoms with Crippen LogP contribution in [0.4, 0.5) is 9.59 Å². The zero-order chi connectivity index (χ0) is 52.0. The van der Waals surface area contributed by atoms with Crippen LogP contribution in [0.1, 0.15) is 80.3 Å². The summed E-state index contributed by atoms with van der Waals surface area (Å²) >= 11 is 1.52. The van der Waals surface area contributed by atoms with E-state index in [2.05, 4.69) is 26.6 Å². The molecule has 0 unspecified atom stereocenters. The van der Waals surface area contributed by atoms with Crippen molar-refractivity contribution in [3.63, 3.8) is 0 Å². The molecule has 5 N–H and O–H groups in total. The smallest absolute Gasteiger partial charge is 0.408 e. The van der Waals surface area contributed by atoms with E-state index in [1.807, 2.05) is 170 Å². The monoisotopic (exact) mass is 1000 g/mol. The maximum absolute atomic E-state index is 14.2. The predicted octanol–water partition coefficient (Wildman–Crippen LogP) is 8.84. The van der Waals surface area contributed by atoms with E-state index < -0.39 is 71.0 Å². The number of carbonyl (C=O) groups excluding carboxylic acids is 6. The molecular weight excluding hydrogens is 939 g/mol. The fourth-order valence-corrected chi connectivity index (χ4v) is 10.6. The van der Waals surface area contributed by atoms with E-state index in [1.165, 1.54) is 18.7 Å². The van der Waals surface area contributed by atoms with Gasteiger partial charge in [-0.1, -0.05) is 177 Å². The Kier molecular flexibility index (Phi) is 17.9. The Hall–Kier alpha value is -7.71. The molecule has 13 nitrogen and oxygen atoms in total. The van der Waals surface area contributed by atoms with Crippen molar-refractivity contribution in [3.05, 3.63) is 203 Å². The van der Waals surface area contributed by atoms with E-state index in [4.69, 9.17) is 9.47 Å². The first-order valence-corrected chi connectivity index (χ1v) is 25.5. The Morgan fingerprint density at radius 3 is 1.48 bits per heavy atom. The second-order valence-electron chi connectivity index (χ2n) is 18.9. The van der Waals surface area contributed by atoms with Crippen molar-refractivity contribution in [1.82, 2.24) is 26.6 Å². The third kappa shape index (κ3) is 13.6. The van der Waals surface area contributed by atoms with Crippen molar-refractivity contribution in [1.29, 1.82) is 0 Å². The summed E-state index contributed by atoms with van der Waals surface area (Å²) in [5, 5.41) is 13.6. The minimum atomic E-state index is -1.45. The lowest BCUT2D eigenvalue weighted by Crippen LogP contribution is -2.59. The zero-order valence-electron chi connectivity index (χ0n) is 41.8. The molecule has 378 valence electrons. The lowest BCUT2D eigenvalue weighted by atomic mass is 9.84. The zero-order valence-corrected chi connectivity index (χ0v) is 42.6. The van der Waals surface area contributed by atoms with Crippen LogP contribution < -0.4 is 26.6 Å². The highest BCUT2D eigenvalue weighted by atomic mass is 32.2. The van der Waals surface area contributed by atoms with Crippen LogP contribution in [0.5, 0.6) is 0 Å². The lowest BCUT2D eigenvalue weighted by molar-refractivity contribution is -0.131. The van der Waals surface area contributed by atoms with E-state index in [-0.39, 0.29) is 36.9 Å². The van der Waals surface area contributed by atoms with Crippen LogP contribution in [-0.2, 0) is 39.8 Å². The second kappa shape index (κ2) is 24.6. The summed E-state index contributed by atoms with van der Waals surface area (Å²) in [5.41, 5.74) is 6.97. The predicted molar refractivity (Wildman–Crippen MR) is 285 cm³/mol. The SMILES string of the molecule is CC[C@H](NC(=O)[C@H](CNC(=O)[C@@H](Cc1ccccc1)NC(=O)OCC1c2ccccc2-c2ccccc21)NC(=O)OC(C)(C)C)C(=O)N[C@@H](CSC(c1ccccc1)(c1ccccc1)c1ccccc1)C(C)=O. The second-order valence-corrected chi connectivity index (χ2v) is 20.1. The Morgan fingerprint density at radius 2 is 0.986 bits per heavy atom. The number of amides is 5. The van der Waals surface area contributed by atoms with Gasteiger partial charge in [-0.05, 0) is 78.6 Å². The molecule has 0 saturated carbocycles. The third-order valence-corrected chi connectivity index (χ3v) is 14.2. The van der Waals surface area contributed by atoms with E-state index >= 15 is 0 Å². The number of alkyl carbamates (subject to hydrolysis) is 2. The van der Waals surface area contributed by atoms with Crippen LogP contribution in [0, 0.1) is 0 Å². The first kappa shape index (κ1) is 53.1. The number of benzene rings is 6. The molecule has 0 spiro atoms. The molecule has 6 aromatic carbocycles. The number of thioether (sulfide) groups is 1. The van der Waals surface area contributed by atoms with Gasteiger partial charge < -0.3 is 36.1 Å². The largest absolute Gasteiger partial charge is 0.449 e. The first-order chi connectivity index (χ1) is 35.2. The molecule has 0 aromatic heterocycles. The van der Waals surface area contributed by atoms with Gasteiger partial charge in [0.15, 0.2) is 5.78 Å². The lowest BCUT2D eigenvalue weighted by Gasteiger charge is -2.36. The number of ether oxygens (including phenoxy) is 2. The molecule has 0 bridgehead atoms. The van der Waals surface area contributed by atoms with Crippen molar-refractivity contribution in [3.8, 4) is 11.1 Å². The van der Waals surface area contributed by atoms with Gasteiger partial charge in [0, 0.05) is 24.6 Å². The Balaban J connectivity index is 1.05. The fraction of sp³-hybridized carbons (Fsp3) is 0.288. The minimum Gasteiger partial charge on any atom is -0.449 e. The summed E-state index contributed by atoms with van der Waals surface area (Å²) in [7, 11) is 0. The molecule has 0 radical (unpaired) electrons. The van der Waals surface area contributed by atoms with E-state index in [9.17, 15) is 28.8 Å². The molecule has 14 heteroatoms. The van der Waals surface area contributed by atoms with Crippen molar-refractivity contribution >= 4 is 47.5 Å². The fourth-order valence-electron chi connectivity index (χ4n) is 8.96. The Labute approximate surface area is 431 Å². The number of carbonyl (C=O) groups is 6. The van der Waals surface area contributed by atoms with Crippen LogP contribution >= 0.6 is 11.8 Å². The summed E-state index contributed by atoms with van der Waals surface area (Å²) in [6.07, 6.45) is -1.57. The van der Waals surface area contributed by atoms with Crippen LogP contribution in [-0.4, -0.2) is 84.4 Å². The summed E-state index contributed by atoms with van der Waals surface area (Å²) in [5.74, 6) is -2.40. The van der Waals surface area contributed by atoms with Gasteiger partial charge in [0.05, 0.1) is 10.8 Å². The summed E-state index contributed by atoms with van der Waals surface area (Å²) < 4.78 is 10.5. The summed E-state index contributed by atoms with van der Waals surface area (Å²) in [4.78, 5) is 82.7. The molecular formula is C59H63N5O8S. The molecule has 1 aliphatic rings. The number of fused-ring (bicyclic) bond motifs is 3. The van der Waals surface area contributed by atoms with Crippen LogP contribution in [0.3, 0.4) is 0 Å². The maximum atomic E-state index is 14.2. The normalized spacial score (nSPS) is 13.7. The minimum absolute atomic E-state index is 0.0234. The first-order valence-electron chi connectivity index (χ1n) is 24.5. The standard InChI is InChI=1S/C59H63N5O8S/c1-6-49(54(67)62-52(39(2)65)38-73-59(41-25-13-8-14-26-41,42-27-15-9-16-28-42)43-29-17-10-18-30-43)61-55(68)51(64-57(70)72-58(3,4)5)36-60-53(66)50(35-40-23-11-7-12-24-40)63-56(69)71-37-48-46-33-21-19-31-44(46)45-32-20-22-34-47(45)48/h7-34,48-52H,6,35-38H2,1-5H3,(H,60,66)(H,61,68)(H,62,67)(H,63,69)(H,64,70)/t49-,50+,51-,52-/m0/s1. The molecule has 73 heavy (non-hydrogen) atoms. The van der Waals surface area contributed by atoms with Crippen molar-refractivity contribution in [2.75, 3.05) is 18.9 Å². The van der Waals surface area contributed by atoms with E-state index in [0.29, 0.717) is 0 Å². The Morgan fingerprint density at radius 1 is 0.534 bits per heavy atom. The van der Waals surface area contributed by atoms with Crippen molar-refractivity contribution < 1.29 is 38.2 Å². The number of Topliss-reactive ketones (excluding diaryl/α,β-unsaturated/α-hetero) is 1. The van der Waals surface area contributed by atoms with Crippen LogP contribution in [0.25, 0.3) is 11.1 Å². The molecule has 6 aromatic rings. The third-order valence-electron chi connectivity index (χ3n) is 12.6. The Bertz CT molecular complexity index is 2700. The highest BCUT2D eigenvalue weighted by molar-refractivity contribution is 8.00. The summed E-state index contributed by atoms with van der Waals surface area (Å²) in [6.45, 7) is 7.68. The van der Waals surface area contributed by atoms with Gasteiger partial charge in [-0.25, -0.2) is 9.59 Å². The van der Waals surface area contributed by atoms with Gasteiger partial charge in [-0.2, -0.15) is 0 Å². The molecule has 7 rings (SSSR count). The highest BCUT2D eigenvalue weighted by Crippen LogP contribution is 2.49. The average Bonchev–Trinajstić information content (AvgIpc) is 3.71. The highest BCUT2D eigenvalue weighted by Gasteiger charge is 2.39. The molecule has 4 atom stereocenters. The van der Waals surface area contributed by atoms with Gasteiger partial charge in [-0.15, -0.1) is 11.8 Å². The molecule has 0 heterocycles. The van der Waals surface area contributed by atoms with Crippen LogP contribution in [0.2, 0.25) is 0 Å². The average molecular weight is 1000 g/mol. The van der Waals surface area contributed by atoms with Gasteiger partial charge >= 0.3 is 12.2 Å². The summed E-state index contributed by atoms with van der Waals surface area (Å²) in [6, 6.07) is 50.3. The molecule has 0 saturated heterocycles. The number of rotatable bonds is 21. The number of ketones is 1. The van der Waals surface area contributed by atoms with Gasteiger partial charge in [-0.3, -0.25) is 19.2 Å². The van der Waals surface area contributed by atoms with Gasteiger partial charge in [0.1, 0.15) is 30.3 Å². The molecule has 0 aliphatic heterocycles. The topological polar surface area (TPSA) is 181 Å². The van der Waals surface area contributed by atoms with Crippen molar-refractivity contribution in [2.45, 2.75) is 87.9 Å². The van der Waals surface area contributed by atoms with Crippen molar-refractivity contribution in [2.24, 2.45) is 0 Å². The van der Waals surface area contributed by atoms with Crippen LogP contribution in [0.15, 0.2) is 170 Å². The number of hydrogen-bond acceptors (Lipinski definition) is 9. The number of hydrogen-bond donors (Lipinski definition) is 5. The molecule has 5 amide bonds. The van der Waals surface area contributed by atoms with E-state index in [1.54, 1.807) is 27.7 Å². The van der Waals surface area contributed by atoms with Gasteiger partial charge in [0.25, 0.3) is 0 Å².